The SMILES string of the molecule is COc1ccc(-n2nc(C(F)F)cc2-c2ccc(CNS(C)(=O)=O)cc2)cc1. The highest BCUT2D eigenvalue weighted by Gasteiger charge is 2.18. The fraction of sp³-hybridized carbons (Fsp3) is 0.211. The van der Waals surface area contributed by atoms with Gasteiger partial charge in [0.05, 0.1) is 24.7 Å². The Morgan fingerprint density at radius 2 is 1.75 bits per heavy atom. The zero-order valence-corrected chi connectivity index (χ0v) is 16.1. The maximum atomic E-state index is 13.2. The molecular formula is C19H19F2N3O3S. The summed E-state index contributed by atoms with van der Waals surface area (Å²) in [7, 11) is -1.75. The van der Waals surface area contributed by atoms with Gasteiger partial charge >= 0.3 is 0 Å². The average Bonchev–Trinajstić information content (AvgIpc) is 3.12. The molecule has 2 aromatic carbocycles. The number of nitrogens with zero attached hydrogens (tertiary/aromatic N) is 2. The third-order valence-corrected chi connectivity index (χ3v) is 4.73. The Balaban J connectivity index is 1.96. The number of aromatic nitrogens is 2. The molecule has 0 spiro atoms. The van der Waals surface area contributed by atoms with Crippen LogP contribution in [0.25, 0.3) is 16.9 Å². The number of alkyl halides is 2. The minimum absolute atomic E-state index is 0.152. The van der Waals surface area contributed by atoms with Crippen LogP contribution in [0, 0.1) is 0 Å². The quantitative estimate of drug-likeness (QED) is 0.650. The van der Waals surface area contributed by atoms with Crippen molar-refractivity contribution < 1.29 is 21.9 Å². The molecule has 3 aromatic rings. The lowest BCUT2D eigenvalue weighted by Crippen LogP contribution is -2.21. The first kappa shape index (κ1) is 20.0. The van der Waals surface area contributed by atoms with Crippen molar-refractivity contribution in [3.8, 4) is 22.7 Å². The van der Waals surface area contributed by atoms with Crippen molar-refractivity contribution in [2.75, 3.05) is 13.4 Å². The molecule has 1 heterocycles. The van der Waals surface area contributed by atoms with Crippen LogP contribution in [-0.4, -0.2) is 31.6 Å². The zero-order valence-electron chi connectivity index (χ0n) is 15.3. The van der Waals surface area contributed by atoms with Crippen molar-refractivity contribution in [2.24, 2.45) is 0 Å². The first-order valence-electron chi connectivity index (χ1n) is 8.33. The number of benzene rings is 2. The second kappa shape index (κ2) is 8.07. The maximum absolute atomic E-state index is 13.2. The Labute approximate surface area is 161 Å². The fourth-order valence-corrected chi connectivity index (χ4v) is 3.07. The monoisotopic (exact) mass is 407 g/mol. The summed E-state index contributed by atoms with van der Waals surface area (Å²) < 4.78 is 57.8. The Morgan fingerprint density at radius 3 is 2.29 bits per heavy atom. The Bertz CT molecular complexity index is 1050. The van der Waals surface area contributed by atoms with Crippen LogP contribution < -0.4 is 9.46 Å². The van der Waals surface area contributed by atoms with E-state index < -0.39 is 16.4 Å². The molecule has 0 saturated carbocycles. The molecule has 1 aromatic heterocycles. The van der Waals surface area contributed by atoms with Gasteiger partial charge in [-0.3, -0.25) is 0 Å². The van der Waals surface area contributed by atoms with Gasteiger partial charge in [-0.2, -0.15) is 5.10 Å². The molecule has 6 nitrogen and oxygen atoms in total. The smallest absolute Gasteiger partial charge is 0.282 e. The highest BCUT2D eigenvalue weighted by atomic mass is 32.2. The average molecular weight is 407 g/mol. The van der Waals surface area contributed by atoms with Gasteiger partial charge in [0.25, 0.3) is 6.43 Å². The highest BCUT2D eigenvalue weighted by molar-refractivity contribution is 7.88. The van der Waals surface area contributed by atoms with Crippen LogP contribution in [0.4, 0.5) is 8.78 Å². The third-order valence-electron chi connectivity index (χ3n) is 4.06. The first-order chi connectivity index (χ1) is 13.3. The first-order valence-corrected chi connectivity index (χ1v) is 10.2. The fourth-order valence-electron chi connectivity index (χ4n) is 2.64. The van der Waals surface area contributed by atoms with E-state index in [-0.39, 0.29) is 12.2 Å². The second-order valence-corrected chi connectivity index (χ2v) is 7.99. The molecule has 0 fully saturated rings. The van der Waals surface area contributed by atoms with E-state index >= 15 is 0 Å². The summed E-state index contributed by atoms with van der Waals surface area (Å²) in [5, 5.41) is 4.04. The molecule has 0 amide bonds. The van der Waals surface area contributed by atoms with Crippen molar-refractivity contribution in [3.05, 3.63) is 65.9 Å². The van der Waals surface area contributed by atoms with Crippen molar-refractivity contribution in [1.82, 2.24) is 14.5 Å². The van der Waals surface area contributed by atoms with E-state index in [9.17, 15) is 17.2 Å². The second-order valence-electron chi connectivity index (χ2n) is 6.16. The van der Waals surface area contributed by atoms with E-state index in [4.69, 9.17) is 4.74 Å². The molecule has 148 valence electrons. The van der Waals surface area contributed by atoms with Gasteiger partial charge in [-0.05, 0) is 35.9 Å². The number of hydrogen-bond acceptors (Lipinski definition) is 4. The molecule has 0 aliphatic carbocycles. The van der Waals surface area contributed by atoms with Crippen LogP contribution in [0.2, 0.25) is 0 Å². The van der Waals surface area contributed by atoms with E-state index in [1.54, 1.807) is 55.6 Å². The molecule has 0 atom stereocenters. The third kappa shape index (κ3) is 4.73. The summed E-state index contributed by atoms with van der Waals surface area (Å²) in [6, 6.07) is 15.2. The number of ether oxygens (including phenoxy) is 1. The van der Waals surface area contributed by atoms with Gasteiger partial charge in [-0.1, -0.05) is 24.3 Å². The number of hydrogen-bond donors (Lipinski definition) is 1. The predicted molar refractivity (Wildman–Crippen MR) is 102 cm³/mol. The molecule has 0 aliphatic heterocycles. The van der Waals surface area contributed by atoms with Gasteiger partial charge in [-0.25, -0.2) is 26.6 Å². The van der Waals surface area contributed by atoms with Crippen LogP contribution in [0.15, 0.2) is 54.6 Å². The molecule has 28 heavy (non-hydrogen) atoms. The van der Waals surface area contributed by atoms with Crippen LogP contribution in [0.1, 0.15) is 17.7 Å². The Kier molecular flexibility index (Phi) is 5.76. The van der Waals surface area contributed by atoms with Gasteiger partial charge in [0.1, 0.15) is 11.4 Å². The van der Waals surface area contributed by atoms with Gasteiger partial charge in [0, 0.05) is 12.1 Å². The minimum atomic E-state index is -3.30. The van der Waals surface area contributed by atoms with Crippen LogP contribution in [0.3, 0.4) is 0 Å². The summed E-state index contributed by atoms with van der Waals surface area (Å²) in [5.74, 6) is 0.647. The van der Waals surface area contributed by atoms with Crippen LogP contribution in [0.5, 0.6) is 5.75 Å². The van der Waals surface area contributed by atoms with Gasteiger partial charge in [0.15, 0.2) is 0 Å². The van der Waals surface area contributed by atoms with Crippen molar-refractivity contribution in [3.63, 3.8) is 0 Å². The highest BCUT2D eigenvalue weighted by Crippen LogP contribution is 2.29. The van der Waals surface area contributed by atoms with Gasteiger partial charge in [-0.15, -0.1) is 0 Å². The molecule has 3 rings (SSSR count). The molecule has 1 N–H and O–H groups in total. The van der Waals surface area contributed by atoms with E-state index in [1.165, 1.54) is 10.7 Å². The molecule has 0 bridgehead atoms. The lowest BCUT2D eigenvalue weighted by atomic mass is 10.1. The summed E-state index contributed by atoms with van der Waals surface area (Å²) in [6.07, 6.45) is -1.61. The number of halogens is 2. The zero-order chi connectivity index (χ0) is 20.3. The van der Waals surface area contributed by atoms with E-state index in [0.29, 0.717) is 22.7 Å². The molecule has 0 saturated heterocycles. The van der Waals surface area contributed by atoms with Crippen LogP contribution in [-0.2, 0) is 16.6 Å². The van der Waals surface area contributed by atoms with Crippen molar-refractivity contribution in [1.29, 1.82) is 0 Å². The largest absolute Gasteiger partial charge is 0.497 e. The number of sulfonamides is 1. The molecule has 0 aliphatic rings. The van der Waals surface area contributed by atoms with E-state index in [1.807, 2.05) is 0 Å². The standard InChI is InChI=1S/C19H19F2N3O3S/c1-27-16-9-7-15(8-10-16)24-18(11-17(23-24)19(20)21)14-5-3-13(4-6-14)12-22-28(2,25)26/h3-11,19,22H,12H2,1-2H3. The van der Waals surface area contributed by atoms with Crippen LogP contribution >= 0.6 is 0 Å². The topological polar surface area (TPSA) is 73.2 Å². The van der Waals surface area contributed by atoms with Gasteiger partial charge in [0.2, 0.25) is 10.0 Å². The summed E-state index contributed by atoms with van der Waals surface area (Å²) in [6.45, 7) is 0.152. The number of nitrogens with one attached hydrogen (secondary N) is 1. The van der Waals surface area contributed by atoms with Crippen molar-refractivity contribution in [2.45, 2.75) is 13.0 Å². The van der Waals surface area contributed by atoms with Crippen molar-refractivity contribution >= 4 is 10.0 Å². The molecule has 0 radical (unpaired) electrons. The van der Waals surface area contributed by atoms with E-state index in [2.05, 4.69) is 9.82 Å². The summed E-state index contributed by atoms with van der Waals surface area (Å²) >= 11 is 0. The lowest BCUT2D eigenvalue weighted by molar-refractivity contribution is 0.145. The Hall–Kier alpha value is -2.78. The summed E-state index contributed by atoms with van der Waals surface area (Å²) in [5.41, 5.74) is 2.22. The van der Waals surface area contributed by atoms with Gasteiger partial charge < -0.3 is 4.74 Å². The lowest BCUT2D eigenvalue weighted by Gasteiger charge is -2.09. The predicted octanol–water partition coefficient (Wildman–Crippen LogP) is 3.53. The number of methoxy groups -OCH3 is 1. The minimum Gasteiger partial charge on any atom is -0.497 e. The normalized spacial score (nSPS) is 11.8. The summed E-state index contributed by atoms with van der Waals surface area (Å²) in [4.78, 5) is 0. The molecular weight excluding hydrogens is 388 g/mol. The van der Waals surface area contributed by atoms with E-state index in [0.717, 1.165) is 11.8 Å². The Morgan fingerprint density at radius 1 is 1.11 bits per heavy atom. The molecule has 0 unspecified atom stereocenters. The maximum Gasteiger partial charge on any atom is 0.282 e. The molecule has 9 heteroatoms. The number of rotatable bonds is 7.